The third-order valence-electron chi connectivity index (χ3n) is 3.00. The van der Waals surface area contributed by atoms with Crippen molar-refractivity contribution >= 4 is 57.6 Å². The first-order valence-electron chi connectivity index (χ1n) is 7.58. The summed E-state index contributed by atoms with van der Waals surface area (Å²) in [6.07, 6.45) is 3.30. The Morgan fingerprint density at radius 1 is 1.17 bits per heavy atom. The third-order valence-corrected chi connectivity index (χ3v) is 5.11. The second-order valence-corrected chi connectivity index (χ2v) is 6.75. The maximum atomic E-state index is 5.02. The summed E-state index contributed by atoms with van der Waals surface area (Å²) in [5.41, 5.74) is 0. The highest BCUT2D eigenvalue weighted by atomic mass is 127. The van der Waals surface area contributed by atoms with E-state index in [-0.39, 0.29) is 24.0 Å². The molecule has 1 aromatic rings. The molecule has 0 aliphatic heterocycles. The molecule has 0 aromatic heterocycles. The summed E-state index contributed by atoms with van der Waals surface area (Å²) in [4.78, 5) is 5.52. The van der Waals surface area contributed by atoms with Gasteiger partial charge in [0, 0.05) is 43.2 Å². The van der Waals surface area contributed by atoms with E-state index in [1.54, 1.807) is 14.2 Å². The summed E-state index contributed by atoms with van der Waals surface area (Å²) in [6, 6.07) is 8.36. The first-order valence-corrected chi connectivity index (χ1v) is 9.36. The molecule has 23 heavy (non-hydrogen) atoms. The van der Waals surface area contributed by atoms with E-state index in [1.807, 2.05) is 17.8 Å². The van der Waals surface area contributed by atoms with Gasteiger partial charge in [0.25, 0.3) is 0 Å². The largest absolute Gasteiger partial charge is 0.385 e. The zero-order valence-corrected chi connectivity index (χ0v) is 18.5. The quantitative estimate of drug-likeness (QED) is 0.162. The van der Waals surface area contributed by atoms with Crippen LogP contribution in [0.25, 0.3) is 0 Å². The number of aliphatic imine (C=N–C) groups is 1. The number of ether oxygens (including phenoxy) is 1. The maximum Gasteiger partial charge on any atom is 0.190 e. The molecule has 0 spiro atoms. The topological polar surface area (TPSA) is 45.7 Å². The summed E-state index contributed by atoms with van der Waals surface area (Å²) < 4.78 is 6.20. The van der Waals surface area contributed by atoms with Crippen LogP contribution in [0.5, 0.6) is 0 Å². The van der Waals surface area contributed by atoms with Crippen LogP contribution in [0.3, 0.4) is 0 Å². The van der Waals surface area contributed by atoms with Crippen molar-refractivity contribution < 1.29 is 4.74 Å². The number of hydrogen-bond acceptors (Lipinski definition) is 3. The van der Waals surface area contributed by atoms with Gasteiger partial charge in [-0.3, -0.25) is 4.99 Å². The van der Waals surface area contributed by atoms with Crippen molar-refractivity contribution in [1.82, 2.24) is 10.6 Å². The van der Waals surface area contributed by atoms with Gasteiger partial charge in [0.1, 0.15) is 0 Å². The smallest absolute Gasteiger partial charge is 0.190 e. The van der Waals surface area contributed by atoms with Crippen molar-refractivity contribution in [1.29, 1.82) is 0 Å². The fourth-order valence-corrected chi connectivity index (χ4v) is 3.40. The molecule has 0 unspecified atom stereocenters. The van der Waals surface area contributed by atoms with E-state index < -0.39 is 0 Å². The Morgan fingerprint density at radius 3 is 2.52 bits per heavy atom. The molecule has 7 heteroatoms. The van der Waals surface area contributed by atoms with Crippen LogP contribution in [0, 0.1) is 0 Å². The molecule has 2 N–H and O–H groups in total. The van der Waals surface area contributed by atoms with Gasteiger partial charge in [0.15, 0.2) is 5.96 Å². The highest BCUT2D eigenvalue weighted by Crippen LogP contribution is 2.27. The number of rotatable bonds is 10. The van der Waals surface area contributed by atoms with E-state index in [0.29, 0.717) is 0 Å². The molecule has 0 fully saturated rings. The molecular weight excluding hydrogens is 489 g/mol. The molecule has 0 heterocycles. The zero-order valence-electron chi connectivity index (χ0n) is 13.8. The average molecular weight is 516 g/mol. The standard InChI is InChI=1S/C16H26BrN3OS.HI/c1-18-16(20-11-7-12-21-2)19-10-5-6-13-22-15-9-4-3-8-14(15)17;/h3-4,8-9H,5-7,10-13H2,1-2H3,(H2,18,19,20);1H. The van der Waals surface area contributed by atoms with Crippen molar-refractivity contribution in [3.63, 3.8) is 0 Å². The number of methoxy groups -OCH3 is 1. The number of thioether (sulfide) groups is 1. The number of halogens is 2. The minimum absolute atomic E-state index is 0. The maximum absolute atomic E-state index is 5.02. The van der Waals surface area contributed by atoms with E-state index in [0.717, 1.165) is 44.3 Å². The zero-order chi connectivity index (χ0) is 16.0. The lowest BCUT2D eigenvalue weighted by Gasteiger charge is -2.11. The second kappa shape index (κ2) is 15.5. The molecule has 0 atom stereocenters. The fraction of sp³-hybridized carbons (Fsp3) is 0.562. The van der Waals surface area contributed by atoms with Crippen molar-refractivity contribution in [3.05, 3.63) is 28.7 Å². The van der Waals surface area contributed by atoms with Gasteiger partial charge in [0.2, 0.25) is 0 Å². The first-order chi connectivity index (χ1) is 10.8. The molecule has 0 radical (unpaired) electrons. The SMILES string of the molecule is CN=C(NCCCCSc1ccccc1Br)NCCCOC.I. The lowest BCUT2D eigenvalue weighted by molar-refractivity contribution is 0.195. The molecule has 0 bridgehead atoms. The predicted molar refractivity (Wildman–Crippen MR) is 115 cm³/mol. The number of guanidine groups is 1. The molecule has 0 amide bonds. The number of unbranched alkanes of at least 4 members (excludes halogenated alkanes) is 1. The third kappa shape index (κ3) is 11.2. The lowest BCUT2D eigenvalue weighted by Crippen LogP contribution is -2.38. The summed E-state index contributed by atoms with van der Waals surface area (Å²) in [7, 11) is 3.52. The Morgan fingerprint density at radius 2 is 1.87 bits per heavy atom. The van der Waals surface area contributed by atoms with Crippen LogP contribution in [0.1, 0.15) is 19.3 Å². The van der Waals surface area contributed by atoms with E-state index >= 15 is 0 Å². The van der Waals surface area contributed by atoms with E-state index in [9.17, 15) is 0 Å². The van der Waals surface area contributed by atoms with Crippen molar-refractivity contribution in [3.8, 4) is 0 Å². The highest BCUT2D eigenvalue weighted by molar-refractivity contribution is 14.0. The minimum atomic E-state index is 0. The fourth-order valence-electron chi connectivity index (χ4n) is 1.82. The van der Waals surface area contributed by atoms with Gasteiger partial charge in [0.05, 0.1) is 0 Å². The van der Waals surface area contributed by atoms with E-state index in [4.69, 9.17) is 4.74 Å². The van der Waals surface area contributed by atoms with Crippen LogP contribution in [-0.4, -0.2) is 45.6 Å². The Labute approximate surface area is 169 Å². The monoisotopic (exact) mass is 515 g/mol. The summed E-state index contributed by atoms with van der Waals surface area (Å²) in [5.74, 6) is 2.00. The number of hydrogen-bond donors (Lipinski definition) is 2. The Kier molecular flexibility index (Phi) is 15.5. The van der Waals surface area contributed by atoms with Gasteiger partial charge in [-0.25, -0.2) is 0 Å². The van der Waals surface area contributed by atoms with Gasteiger partial charge in [-0.1, -0.05) is 12.1 Å². The van der Waals surface area contributed by atoms with Crippen LogP contribution in [0.15, 0.2) is 38.6 Å². The van der Waals surface area contributed by atoms with Crippen LogP contribution in [-0.2, 0) is 4.74 Å². The molecule has 4 nitrogen and oxygen atoms in total. The van der Waals surface area contributed by atoms with E-state index in [2.05, 4.69) is 49.8 Å². The van der Waals surface area contributed by atoms with Crippen LogP contribution < -0.4 is 10.6 Å². The summed E-state index contributed by atoms with van der Waals surface area (Å²) in [5, 5.41) is 6.61. The van der Waals surface area contributed by atoms with Crippen molar-refractivity contribution in [2.75, 3.05) is 39.6 Å². The highest BCUT2D eigenvalue weighted by Gasteiger charge is 2.00. The normalized spacial score (nSPS) is 11.0. The van der Waals surface area contributed by atoms with Crippen LogP contribution in [0.2, 0.25) is 0 Å². The Balaban J connectivity index is 0.00000484. The number of benzene rings is 1. The molecule has 1 rings (SSSR count). The molecule has 0 aliphatic carbocycles. The molecule has 132 valence electrons. The van der Waals surface area contributed by atoms with Crippen molar-refractivity contribution in [2.45, 2.75) is 24.2 Å². The molecule has 0 aliphatic rings. The molecule has 1 aromatic carbocycles. The van der Waals surface area contributed by atoms with Gasteiger partial charge in [-0.15, -0.1) is 35.7 Å². The van der Waals surface area contributed by atoms with E-state index in [1.165, 1.54) is 15.8 Å². The average Bonchev–Trinajstić information content (AvgIpc) is 2.54. The molecular formula is C16H27BrIN3OS. The first kappa shape index (κ1) is 23.0. The minimum Gasteiger partial charge on any atom is -0.385 e. The summed E-state index contributed by atoms with van der Waals surface area (Å²) in [6.45, 7) is 2.60. The number of nitrogens with zero attached hydrogens (tertiary/aromatic N) is 1. The van der Waals surface area contributed by atoms with Gasteiger partial charge >= 0.3 is 0 Å². The molecule has 0 saturated heterocycles. The molecule has 0 saturated carbocycles. The van der Waals surface area contributed by atoms with Crippen molar-refractivity contribution in [2.24, 2.45) is 4.99 Å². The summed E-state index contributed by atoms with van der Waals surface area (Å²) >= 11 is 5.47. The number of nitrogens with one attached hydrogen (secondary N) is 2. The second-order valence-electron chi connectivity index (χ2n) is 4.76. The van der Waals surface area contributed by atoms with Gasteiger partial charge in [-0.2, -0.15) is 0 Å². The Bertz CT molecular complexity index is 449. The lowest BCUT2D eigenvalue weighted by atomic mass is 10.3. The Hall–Kier alpha value is 0.01000. The van der Waals surface area contributed by atoms with Gasteiger partial charge in [-0.05, 0) is 53.1 Å². The van der Waals surface area contributed by atoms with Crippen LogP contribution in [0.4, 0.5) is 0 Å². The van der Waals surface area contributed by atoms with Crippen LogP contribution >= 0.6 is 51.7 Å². The van der Waals surface area contributed by atoms with Gasteiger partial charge < -0.3 is 15.4 Å². The predicted octanol–water partition coefficient (Wildman–Crippen LogP) is 4.14.